The van der Waals surface area contributed by atoms with Crippen molar-refractivity contribution in [3.63, 3.8) is 0 Å². The topological polar surface area (TPSA) is 103 Å². The molecular formula is C18H18F2N6O2. The number of carbonyl (C=O) groups is 2. The Morgan fingerprint density at radius 3 is 2.89 bits per heavy atom. The summed E-state index contributed by atoms with van der Waals surface area (Å²) in [6, 6.07) is 4.34. The van der Waals surface area contributed by atoms with E-state index in [1.807, 2.05) is 0 Å². The second-order valence-corrected chi connectivity index (χ2v) is 6.42. The molecule has 0 saturated heterocycles. The van der Waals surface area contributed by atoms with Crippen LogP contribution in [-0.2, 0) is 13.1 Å². The van der Waals surface area contributed by atoms with Crippen molar-refractivity contribution >= 4 is 17.6 Å². The number of fused-ring (bicyclic) bond motifs is 1. The molecule has 28 heavy (non-hydrogen) atoms. The Morgan fingerprint density at radius 2 is 2.18 bits per heavy atom. The van der Waals surface area contributed by atoms with Crippen LogP contribution in [0.4, 0.5) is 19.3 Å². The van der Waals surface area contributed by atoms with Gasteiger partial charge in [0, 0.05) is 18.8 Å². The Kier molecular flexibility index (Phi) is 5.54. The lowest BCUT2D eigenvalue weighted by molar-refractivity contribution is 0.0926. The number of nitriles is 1. The lowest BCUT2D eigenvalue weighted by atomic mass is 10.2. The summed E-state index contributed by atoms with van der Waals surface area (Å²) in [7, 11) is 0. The van der Waals surface area contributed by atoms with Gasteiger partial charge in [0.05, 0.1) is 30.2 Å². The molecule has 1 aromatic heterocycles. The van der Waals surface area contributed by atoms with Crippen molar-refractivity contribution in [3.8, 4) is 6.07 Å². The Balaban J connectivity index is 1.72. The number of hydrogen-bond acceptors (Lipinski definition) is 4. The Hall–Kier alpha value is -3.48. The number of anilines is 1. The third kappa shape index (κ3) is 3.93. The molecule has 2 heterocycles. The maximum atomic E-state index is 13.4. The summed E-state index contributed by atoms with van der Waals surface area (Å²) in [6.45, 7) is 1.79. The number of halogens is 2. The van der Waals surface area contributed by atoms with E-state index in [2.05, 4.69) is 15.6 Å². The van der Waals surface area contributed by atoms with E-state index in [1.165, 1.54) is 23.4 Å². The summed E-state index contributed by atoms with van der Waals surface area (Å²) in [4.78, 5) is 30.4. The molecule has 0 bridgehead atoms. The molecule has 3 amide bonds. The molecule has 1 aliphatic heterocycles. The highest BCUT2D eigenvalue weighted by Crippen LogP contribution is 2.19. The van der Waals surface area contributed by atoms with Crippen LogP contribution in [0.25, 0.3) is 0 Å². The third-order valence-corrected chi connectivity index (χ3v) is 4.35. The average molecular weight is 388 g/mol. The van der Waals surface area contributed by atoms with Gasteiger partial charge in [-0.05, 0) is 25.1 Å². The van der Waals surface area contributed by atoms with E-state index in [4.69, 9.17) is 5.26 Å². The minimum absolute atomic E-state index is 0.130. The summed E-state index contributed by atoms with van der Waals surface area (Å²) in [5, 5.41) is 14.0. The van der Waals surface area contributed by atoms with Crippen molar-refractivity contribution in [2.75, 3.05) is 18.5 Å². The van der Waals surface area contributed by atoms with Crippen LogP contribution in [-0.4, -0.2) is 45.7 Å². The van der Waals surface area contributed by atoms with Gasteiger partial charge in [-0.1, -0.05) is 0 Å². The number of amides is 3. The molecule has 0 fully saturated rings. The Labute approximate surface area is 159 Å². The fraction of sp³-hybridized carbons (Fsp3) is 0.333. The first kappa shape index (κ1) is 19.3. The lowest BCUT2D eigenvalue weighted by Crippen LogP contribution is -2.42. The van der Waals surface area contributed by atoms with E-state index in [-0.39, 0.29) is 23.5 Å². The van der Waals surface area contributed by atoms with Gasteiger partial charge < -0.3 is 20.1 Å². The number of nitrogens with zero attached hydrogens (tertiary/aromatic N) is 4. The van der Waals surface area contributed by atoms with Crippen LogP contribution in [0.15, 0.2) is 24.5 Å². The SMILES string of the molecule is C[C@H](CF)NC(=O)c1ncn2c1CN(C(=O)Nc1ccc(F)c(C#N)c1)CC2. The van der Waals surface area contributed by atoms with Gasteiger partial charge in [0.15, 0.2) is 5.69 Å². The maximum Gasteiger partial charge on any atom is 0.322 e. The number of nitrogens with one attached hydrogen (secondary N) is 2. The molecule has 3 rings (SSSR count). The molecule has 1 aromatic carbocycles. The molecule has 146 valence electrons. The maximum absolute atomic E-state index is 13.4. The van der Waals surface area contributed by atoms with Gasteiger partial charge >= 0.3 is 6.03 Å². The van der Waals surface area contributed by atoms with Gasteiger partial charge in [0.25, 0.3) is 5.91 Å². The molecule has 8 nitrogen and oxygen atoms in total. The molecule has 0 radical (unpaired) electrons. The van der Waals surface area contributed by atoms with Gasteiger partial charge in [0.1, 0.15) is 18.6 Å². The standard InChI is InChI=1S/C18H18F2N6O2/c1-11(7-19)23-17(27)16-15-9-25(4-5-26(15)10-22-16)18(28)24-13-2-3-14(20)12(6-13)8-21/h2-3,6,10-11H,4-5,7,9H2,1H3,(H,23,27)(H,24,28)/t11-/m1/s1. The molecule has 2 N–H and O–H groups in total. The zero-order chi connectivity index (χ0) is 20.3. The molecule has 1 atom stereocenters. The van der Waals surface area contributed by atoms with Gasteiger partial charge in [-0.25, -0.2) is 18.6 Å². The molecule has 0 saturated carbocycles. The van der Waals surface area contributed by atoms with Crippen LogP contribution in [0.5, 0.6) is 0 Å². The van der Waals surface area contributed by atoms with Crippen LogP contribution in [0.2, 0.25) is 0 Å². The number of urea groups is 1. The predicted octanol–water partition coefficient (Wildman–Crippen LogP) is 2.03. The third-order valence-electron chi connectivity index (χ3n) is 4.35. The van der Waals surface area contributed by atoms with Crippen molar-refractivity contribution in [1.29, 1.82) is 5.26 Å². The fourth-order valence-electron chi connectivity index (χ4n) is 2.84. The molecule has 0 aliphatic carbocycles. The van der Waals surface area contributed by atoms with Gasteiger partial charge in [0.2, 0.25) is 0 Å². The van der Waals surface area contributed by atoms with Crippen molar-refractivity contribution in [2.24, 2.45) is 0 Å². The van der Waals surface area contributed by atoms with Crippen molar-refractivity contribution < 1.29 is 18.4 Å². The lowest BCUT2D eigenvalue weighted by Gasteiger charge is -2.28. The van der Waals surface area contributed by atoms with Crippen LogP contribution >= 0.6 is 0 Å². The summed E-state index contributed by atoms with van der Waals surface area (Å²) < 4.78 is 27.8. The first-order valence-electron chi connectivity index (χ1n) is 8.59. The van der Waals surface area contributed by atoms with Crippen LogP contribution in [0, 0.1) is 17.1 Å². The number of imidazole rings is 1. The highest BCUT2D eigenvalue weighted by Gasteiger charge is 2.27. The fourth-order valence-corrected chi connectivity index (χ4v) is 2.84. The molecule has 2 aromatic rings. The van der Waals surface area contributed by atoms with Gasteiger partial charge in [-0.15, -0.1) is 0 Å². The Morgan fingerprint density at radius 1 is 1.39 bits per heavy atom. The van der Waals surface area contributed by atoms with Crippen LogP contribution in [0.1, 0.15) is 28.7 Å². The van der Waals surface area contributed by atoms with Crippen molar-refractivity contribution in [2.45, 2.75) is 26.1 Å². The van der Waals surface area contributed by atoms with E-state index in [9.17, 15) is 18.4 Å². The number of carbonyl (C=O) groups excluding carboxylic acids is 2. The van der Waals surface area contributed by atoms with Gasteiger partial charge in [-0.3, -0.25) is 4.79 Å². The smallest absolute Gasteiger partial charge is 0.322 e. The zero-order valence-electron chi connectivity index (χ0n) is 15.1. The van der Waals surface area contributed by atoms with E-state index in [0.717, 1.165) is 6.07 Å². The van der Waals surface area contributed by atoms with Gasteiger partial charge in [-0.2, -0.15) is 5.26 Å². The highest BCUT2D eigenvalue weighted by molar-refractivity contribution is 5.94. The summed E-state index contributed by atoms with van der Waals surface area (Å²) in [5.74, 6) is -1.17. The van der Waals surface area contributed by atoms with Crippen molar-refractivity contribution in [3.05, 3.63) is 47.3 Å². The minimum Gasteiger partial charge on any atom is -0.346 e. The monoisotopic (exact) mass is 388 g/mol. The second-order valence-electron chi connectivity index (χ2n) is 6.42. The summed E-state index contributed by atoms with van der Waals surface area (Å²) >= 11 is 0. The van der Waals surface area contributed by atoms with E-state index in [0.29, 0.717) is 18.8 Å². The summed E-state index contributed by atoms with van der Waals surface area (Å²) in [5.41, 5.74) is 0.806. The number of alkyl halides is 1. The molecule has 1 aliphatic rings. The van der Waals surface area contributed by atoms with E-state index < -0.39 is 30.5 Å². The molecule has 0 unspecified atom stereocenters. The van der Waals surface area contributed by atoms with Crippen LogP contribution < -0.4 is 10.6 Å². The van der Waals surface area contributed by atoms with Crippen LogP contribution in [0.3, 0.4) is 0 Å². The molecule has 10 heteroatoms. The molecule has 0 spiro atoms. The first-order valence-corrected chi connectivity index (χ1v) is 8.59. The summed E-state index contributed by atoms with van der Waals surface area (Å²) in [6.07, 6.45) is 1.51. The quantitative estimate of drug-likeness (QED) is 0.836. The number of rotatable bonds is 4. The highest BCUT2D eigenvalue weighted by atomic mass is 19.1. The molecular weight excluding hydrogens is 370 g/mol. The second kappa shape index (κ2) is 8.04. The van der Waals surface area contributed by atoms with Crippen molar-refractivity contribution in [1.82, 2.24) is 19.8 Å². The average Bonchev–Trinajstić information content (AvgIpc) is 3.12. The van der Waals surface area contributed by atoms with E-state index >= 15 is 0 Å². The first-order chi connectivity index (χ1) is 13.4. The number of aromatic nitrogens is 2. The normalized spacial score (nSPS) is 14.0. The zero-order valence-corrected chi connectivity index (χ0v) is 15.1. The predicted molar refractivity (Wildman–Crippen MR) is 95.7 cm³/mol. The number of benzene rings is 1. The Bertz CT molecular complexity index is 952. The minimum atomic E-state index is -0.696. The van der Waals surface area contributed by atoms with E-state index in [1.54, 1.807) is 17.6 Å². The number of hydrogen-bond donors (Lipinski definition) is 2. The largest absolute Gasteiger partial charge is 0.346 e.